The highest BCUT2D eigenvalue weighted by molar-refractivity contribution is 4.70. The van der Waals surface area contributed by atoms with E-state index in [4.69, 9.17) is 5.11 Å². The third-order valence-corrected chi connectivity index (χ3v) is 4.75. The molecule has 0 aromatic carbocycles. The minimum absolute atomic E-state index is 0.327. The van der Waals surface area contributed by atoms with Gasteiger partial charge in [0.25, 0.3) is 0 Å². The molecule has 0 aliphatic heterocycles. The van der Waals surface area contributed by atoms with E-state index in [1.54, 1.807) is 0 Å². The first-order valence-corrected chi connectivity index (χ1v) is 9.54. The Bertz CT molecular complexity index is 190. The molecule has 0 aromatic rings. The highest BCUT2D eigenvalue weighted by Gasteiger charge is 2.16. The molecule has 0 bridgehead atoms. The van der Waals surface area contributed by atoms with Crippen molar-refractivity contribution in [3.63, 3.8) is 0 Å². The molecule has 0 rings (SSSR count). The summed E-state index contributed by atoms with van der Waals surface area (Å²) in [6.07, 6.45) is 11.6. The van der Waals surface area contributed by atoms with Crippen LogP contribution < -0.4 is 0 Å². The van der Waals surface area contributed by atoms with E-state index in [-0.39, 0.29) is 0 Å². The van der Waals surface area contributed by atoms with Crippen molar-refractivity contribution in [3.8, 4) is 0 Å². The van der Waals surface area contributed by atoms with Gasteiger partial charge in [0.15, 0.2) is 0 Å². The van der Waals surface area contributed by atoms with Gasteiger partial charge in [0.05, 0.1) is 0 Å². The van der Waals surface area contributed by atoms with Crippen LogP contribution in [0.15, 0.2) is 0 Å². The van der Waals surface area contributed by atoms with Gasteiger partial charge in [-0.3, -0.25) is 0 Å². The molecule has 0 saturated heterocycles. The molecule has 21 heavy (non-hydrogen) atoms. The molecule has 2 atom stereocenters. The van der Waals surface area contributed by atoms with Gasteiger partial charge < -0.3 is 10.0 Å². The maximum atomic E-state index is 9.15. The molecule has 2 unspecified atom stereocenters. The van der Waals surface area contributed by atoms with Crippen LogP contribution in [0.3, 0.4) is 0 Å². The second-order valence-corrected chi connectivity index (χ2v) is 6.67. The van der Waals surface area contributed by atoms with Gasteiger partial charge >= 0.3 is 0 Å². The SMILES string of the molecule is CCCCC(CC)CN(CCCO)CC(CC)CCCC. The lowest BCUT2D eigenvalue weighted by Gasteiger charge is -2.30. The first kappa shape index (κ1) is 20.9. The number of nitrogens with zero attached hydrogens (tertiary/aromatic N) is 1. The summed E-state index contributed by atoms with van der Waals surface area (Å²) < 4.78 is 0. The molecule has 0 aromatic heterocycles. The smallest absolute Gasteiger partial charge is 0.0443 e. The van der Waals surface area contributed by atoms with Crippen LogP contribution in [0.1, 0.15) is 85.5 Å². The van der Waals surface area contributed by atoms with E-state index in [2.05, 4.69) is 32.6 Å². The van der Waals surface area contributed by atoms with Crippen molar-refractivity contribution in [2.24, 2.45) is 11.8 Å². The van der Waals surface area contributed by atoms with Crippen molar-refractivity contribution in [1.82, 2.24) is 4.90 Å². The minimum atomic E-state index is 0.327. The zero-order valence-electron chi connectivity index (χ0n) is 15.2. The Morgan fingerprint density at radius 3 is 1.57 bits per heavy atom. The second kappa shape index (κ2) is 14.8. The first-order valence-electron chi connectivity index (χ1n) is 9.54. The summed E-state index contributed by atoms with van der Waals surface area (Å²) in [5.74, 6) is 1.68. The highest BCUT2D eigenvalue weighted by atomic mass is 16.3. The van der Waals surface area contributed by atoms with Gasteiger partial charge in [-0.15, -0.1) is 0 Å². The largest absolute Gasteiger partial charge is 0.396 e. The molecule has 0 spiro atoms. The normalized spacial score (nSPS) is 14.6. The number of unbranched alkanes of at least 4 members (excludes halogenated alkanes) is 2. The molecular weight excluding hydrogens is 258 g/mol. The molecular formula is C19H41NO. The zero-order chi connectivity index (χ0) is 15.9. The summed E-state index contributed by atoms with van der Waals surface area (Å²) >= 11 is 0. The average Bonchev–Trinajstić information content (AvgIpc) is 2.52. The Kier molecular flexibility index (Phi) is 14.8. The number of hydrogen-bond donors (Lipinski definition) is 1. The van der Waals surface area contributed by atoms with Crippen LogP contribution in [0.4, 0.5) is 0 Å². The van der Waals surface area contributed by atoms with Gasteiger partial charge in [-0.25, -0.2) is 0 Å². The summed E-state index contributed by atoms with van der Waals surface area (Å²) in [6, 6.07) is 0. The summed E-state index contributed by atoms with van der Waals surface area (Å²) in [7, 11) is 0. The van der Waals surface area contributed by atoms with Crippen molar-refractivity contribution in [1.29, 1.82) is 0 Å². The molecule has 1 N–H and O–H groups in total. The van der Waals surface area contributed by atoms with Gasteiger partial charge in [0.2, 0.25) is 0 Å². The Balaban J connectivity index is 4.38. The summed E-state index contributed by atoms with van der Waals surface area (Å²) in [5, 5.41) is 9.15. The van der Waals surface area contributed by atoms with E-state index in [9.17, 15) is 0 Å². The fraction of sp³-hybridized carbons (Fsp3) is 1.00. The molecule has 0 aliphatic rings. The van der Waals surface area contributed by atoms with Gasteiger partial charge in [-0.2, -0.15) is 0 Å². The van der Waals surface area contributed by atoms with Crippen molar-refractivity contribution in [2.75, 3.05) is 26.2 Å². The molecule has 2 heteroatoms. The third kappa shape index (κ3) is 11.2. The van der Waals surface area contributed by atoms with Crippen LogP contribution in [-0.4, -0.2) is 36.2 Å². The summed E-state index contributed by atoms with van der Waals surface area (Å²) in [5.41, 5.74) is 0. The van der Waals surface area contributed by atoms with Crippen LogP contribution in [0.25, 0.3) is 0 Å². The highest BCUT2D eigenvalue weighted by Crippen LogP contribution is 2.19. The fourth-order valence-electron chi connectivity index (χ4n) is 3.12. The second-order valence-electron chi connectivity index (χ2n) is 6.67. The van der Waals surface area contributed by atoms with E-state index < -0.39 is 0 Å². The molecule has 0 saturated carbocycles. The van der Waals surface area contributed by atoms with E-state index in [0.717, 1.165) is 24.8 Å². The Labute approximate surface area is 134 Å². The van der Waals surface area contributed by atoms with Crippen molar-refractivity contribution < 1.29 is 5.11 Å². The van der Waals surface area contributed by atoms with Gasteiger partial charge in [0, 0.05) is 26.2 Å². The van der Waals surface area contributed by atoms with Crippen molar-refractivity contribution in [3.05, 3.63) is 0 Å². The molecule has 0 amide bonds. The van der Waals surface area contributed by atoms with E-state index in [1.165, 1.54) is 64.5 Å². The third-order valence-electron chi connectivity index (χ3n) is 4.75. The van der Waals surface area contributed by atoms with Crippen LogP contribution in [0.2, 0.25) is 0 Å². The van der Waals surface area contributed by atoms with Crippen LogP contribution in [-0.2, 0) is 0 Å². The number of hydrogen-bond acceptors (Lipinski definition) is 2. The van der Waals surface area contributed by atoms with Gasteiger partial charge in [0.1, 0.15) is 0 Å². The molecule has 0 aliphatic carbocycles. The number of rotatable bonds is 15. The lowest BCUT2D eigenvalue weighted by molar-refractivity contribution is 0.164. The van der Waals surface area contributed by atoms with Crippen LogP contribution >= 0.6 is 0 Å². The van der Waals surface area contributed by atoms with E-state index in [0.29, 0.717) is 6.61 Å². The average molecular weight is 300 g/mol. The molecule has 0 heterocycles. The quantitative estimate of drug-likeness (QED) is 0.454. The van der Waals surface area contributed by atoms with Gasteiger partial charge in [-0.1, -0.05) is 66.2 Å². The molecule has 0 radical (unpaired) electrons. The van der Waals surface area contributed by atoms with Crippen LogP contribution in [0.5, 0.6) is 0 Å². The molecule has 0 fully saturated rings. The topological polar surface area (TPSA) is 23.5 Å². The lowest BCUT2D eigenvalue weighted by Crippen LogP contribution is -2.35. The maximum absolute atomic E-state index is 9.15. The Hall–Kier alpha value is -0.0800. The number of aliphatic hydroxyl groups excluding tert-OH is 1. The Morgan fingerprint density at radius 2 is 1.24 bits per heavy atom. The Morgan fingerprint density at radius 1 is 0.762 bits per heavy atom. The monoisotopic (exact) mass is 299 g/mol. The zero-order valence-corrected chi connectivity index (χ0v) is 15.2. The predicted octanol–water partition coefficient (Wildman–Crippen LogP) is 5.10. The predicted molar refractivity (Wildman–Crippen MR) is 94.8 cm³/mol. The fourth-order valence-corrected chi connectivity index (χ4v) is 3.12. The first-order chi connectivity index (χ1) is 10.2. The van der Waals surface area contributed by atoms with Gasteiger partial charge in [-0.05, 0) is 31.1 Å². The number of aliphatic hydroxyl groups is 1. The summed E-state index contributed by atoms with van der Waals surface area (Å²) in [6.45, 7) is 13.1. The van der Waals surface area contributed by atoms with E-state index >= 15 is 0 Å². The lowest BCUT2D eigenvalue weighted by atomic mass is 9.95. The van der Waals surface area contributed by atoms with E-state index in [1.807, 2.05) is 0 Å². The van der Waals surface area contributed by atoms with Crippen LogP contribution in [0, 0.1) is 11.8 Å². The van der Waals surface area contributed by atoms with Crippen molar-refractivity contribution >= 4 is 0 Å². The summed E-state index contributed by atoms with van der Waals surface area (Å²) in [4.78, 5) is 2.64. The maximum Gasteiger partial charge on any atom is 0.0443 e. The standard InChI is InChI=1S/C19H41NO/c1-5-9-12-18(7-3)16-20(14-11-15-21)17-19(8-4)13-10-6-2/h18-19,21H,5-17H2,1-4H3. The molecule has 128 valence electrons. The minimum Gasteiger partial charge on any atom is -0.396 e. The van der Waals surface area contributed by atoms with Crippen molar-refractivity contribution in [2.45, 2.75) is 85.5 Å². The molecule has 2 nitrogen and oxygen atoms in total.